The third kappa shape index (κ3) is 3.98. The SMILES string of the molecule is CN1Cc2ccc(Nc3ncc4c(=O)n5n(c4n3)-c3ccc4c(c3)N(CC/C=C/C5)C(=O)CO4)cc2C(C)(C)C1. The number of amides is 1. The van der Waals surface area contributed by atoms with E-state index in [4.69, 9.17) is 9.72 Å². The maximum atomic E-state index is 13.5. The first-order valence-electron chi connectivity index (χ1n) is 13.6. The van der Waals surface area contributed by atoms with Crippen LogP contribution in [0.3, 0.4) is 0 Å². The molecule has 0 fully saturated rings. The summed E-state index contributed by atoms with van der Waals surface area (Å²) >= 11 is 0. The Morgan fingerprint density at radius 1 is 1.07 bits per heavy atom. The molecule has 1 N–H and O–H groups in total. The number of aromatic nitrogens is 4. The van der Waals surface area contributed by atoms with E-state index in [1.54, 1.807) is 15.8 Å². The highest BCUT2D eigenvalue weighted by Crippen LogP contribution is 2.36. The number of likely N-dealkylation sites (N-methyl/N-ethyl adjacent to an activating group) is 1. The minimum absolute atomic E-state index is 0.0190. The lowest BCUT2D eigenvalue weighted by molar-refractivity contribution is -0.121. The molecular weight excluding hydrogens is 506 g/mol. The van der Waals surface area contributed by atoms with Crippen LogP contribution in [0.1, 0.15) is 31.4 Å². The van der Waals surface area contributed by atoms with Gasteiger partial charge in [-0.2, -0.15) is 4.98 Å². The minimum Gasteiger partial charge on any atom is -0.482 e. The number of benzene rings is 2. The van der Waals surface area contributed by atoms with E-state index in [-0.39, 0.29) is 23.5 Å². The van der Waals surface area contributed by atoms with Crippen LogP contribution < -0.4 is 20.5 Å². The molecule has 2 bridgehead atoms. The van der Waals surface area contributed by atoms with Crippen molar-refractivity contribution in [3.63, 3.8) is 0 Å². The van der Waals surface area contributed by atoms with Crippen molar-refractivity contribution in [3.05, 3.63) is 76.2 Å². The fraction of sp³-hybridized carbons (Fsp3) is 0.333. The zero-order valence-electron chi connectivity index (χ0n) is 22.8. The first kappa shape index (κ1) is 24.6. The summed E-state index contributed by atoms with van der Waals surface area (Å²) in [6.45, 7) is 7.36. The largest absolute Gasteiger partial charge is 0.482 e. The summed E-state index contributed by atoms with van der Waals surface area (Å²) in [6, 6.07) is 12.0. The molecule has 10 heteroatoms. The van der Waals surface area contributed by atoms with Gasteiger partial charge < -0.3 is 19.9 Å². The van der Waals surface area contributed by atoms with Gasteiger partial charge in [0.2, 0.25) is 5.95 Å². The fourth-order valence-corrected chi connectivity index (χ4v) is 6.24. The van der Waals surface area contributed by atoms with E-state index in [2.05, 4.69) is 54.3 Å². The van der Waals surface area contributed by atoms with Gasteiger partial charge in [0, 0.05) is 36.9 Å². The predicted octanol–water partition coefficient (Wildman–Crippen LogP) is 3.73. The third-order valence-electron chi connectivity index (χ3n) is 7.97. The number of anilines is 3. The molecule has 0 atom stereocenters. The average Bonchev–Trinajstić information content (AvgIpc) is 3.18. The van der Waals surface area contributed by atoms with Crippen LogP contribution in [0.5, 0.6) is 5.75 Å². The van der Waals surface area contributed by atoms with E-state index >= 15 is 0 Å². The highest BCUT2D eigenvalue weighted by molar-refractivity contribution is 5.98. The molecule has 0 saturated heterocycles. The van der Waals surface area contributed by atoms with Crippen LogP contribution in [0, 0.1) is 0 Å². The quantitative estimate of drug-likeness (QED) is 0.389. The van der Waals surface area contributed by atoms with Crippen molar-refractivity contribution in [3.8, 4) is 11.4 Å². The Balaban J connectivity index is 1.34. The van der Waals surface area contributed by atoms with Gasteiger partial charge in [0.15, 0.2) is 12.3 Å². The molecular formula is C30H31N7O3. The van der Waals surface area contributed by atoms with Crippen molar-refractivity contribution in [2.45, 2.75) is 38.8 Å². The number of ether oxygens (including phenoxy) is 1. The van der Waals surface area contributed by atoms with Crippen molar-refractivity contribution in [2.24, 2.45) is 0 Å². The Bertz CT molecular complexity index is 1770. The van der Waals surface area contributed by atoms with Gasteiger partial charge in [-0.1, -0.05) is 32.1 Å². The topological polar surface area (TPSA) is 97.5 Å². The molecule has 7 rings (SSSR count). The Morgan fingerprint density at radius 2 is 1.95 bits per heavy atom. The smallest absolute Gasteiger partial charge is 0.278 e. The molecule has 0 radical (unpaired) electrons. The van der Waals surface area contributed by atoms with Gasteiger partial charge in [-0.25, -0.2) is 14.3 Å². The van der Waals surface area contributed by atoms with Crippen molar-refractivity contribution in [2.75, 3.05) is 37.0 Å². The molecule has 0 unspecified atom stereocenters. The summed E-state index contributed by atoms with van der Waals surface area (Å²) < 4.78 is 9.16. The number of nitrogens with zero attached hydrogens (tertiary/aromatic N) is 6. The second-order valence-corrected chi connectivity index (χ2v) is 11.4. The van der Waals surface area contributed by atoms with E-state index in [1.807, 2.05) is 35.0 Å². The summed E-state index contributed by atoms with van der Waals surface area (Å²) in [5.41, 5.74) is 5.28. The molecule has 2 aromatic heterocycles. The van der Waals surface area contributed by atoms with E-state index in [1.165, 1.54) is 11.1 Å². The second kappa shape index (κ2) is 9.06. The maximum Gasteiger partial charge on any atom is 0.278 e. The molecule has 10 nitrogen and oxygen atoms in total. The summed E-state index contributed by atoms with van der Waals surface area (Å²) in [7, 11) is 2.15. The molecule has 5 heterocycles. The van der Waals surface area contributed by atoms with Crippen LogP contribution in [-0.2, 0) is 23.3 Å². The molecule has 4 aromatic rings. The van der Waals surface area contributed by atoms with Crippen LogP contribution in [-0.4, -0.2) is 56.9 Å². The number of rotatable bonds is 2. The first-order valence-corrected chi connectivity index (χ1v) is 13.6. The molecule has 0 saturated carbocycles. The molecule has 40 heavy (non-hydrogen) atoms. The molecule has 0 spiro atoms. The number of carbonyl (C=O) groups is 1. The third-order valence-corrected chi connectivity index (χ3v) is 7.97. The van der Waals surface area contributed by atoms with Crippen LogP contribution >= 0.6 is 0 Å². The van der Waals surface area contributed by atoms with Gasteiger partial charge >= 0.3 is 0 Å². The number of carbonyl (C=O) groups excluding carboxylic acids is 1. The van der Waals surface area contributed by atoms with E-state index in [0.717, 1.165) is 18.8 Å². The van der Waals surface area contributed by atoms with Crippen LogP contribution in [0.2, 0.25) is 0 Å². The standard InChI is InChI=1S/C30H31N7O3/c1-30(2)18-34(3)16-19-7-8-20(13-23(19)30)32-29-31-15-22-27(33-29)37-21-9-10-25-24(14-21)35(26(38)17-40-25)11-5-4-6-12-36(37)28(22)39/h4,6-10,13-15H,5,11-12,16-18H2,1-3H3,(H,31,32,33)/b6-4+. The van der Waals surface area contributed by atoms with Gasteiger partial charge in [-0.15, -0.1) is 0 Å². The number of hydrogen-bond acceptors (Lipinski definition) is 7. The zero-order chi connectivity index (χ0) is 27.6. The van der Waals surface area contributed by atoms with Crippen molar-refractivity contribution < 1.29 is 9.53 Å². The van der Waals surface area contributed by atoms with E-state index < -0.39 is 0 Å². The zero-order valence-corrected chi connectivity index (χ0v) is 22.8. The molecule has 3 aliphatic heterocycles. The first-order chi connectivity index (χ1) is 19.3. The van der Waals surface area contributed by atoms with Crippen LogP contribution in [0.4, 0.5) is 17.3 Å². The summed E-state index contributed by atoms with van der Waals surface area (Å²) in [5.74, 6) is 0.971. The lowest BCUT2D eigenvalue weighted by Crippen LogP contribution is -2.39. The van der Waals surface area contributed by atoms with Gasteiger partial charge in [0.1, 0.15) is 11.1 Å². The van der Waals surface area contributed by atoms with Crippen molar-refractivity contribution in [1.29, 1.82) is 0 Å². The Labute approximate surface area is 231 Å². The van der Waals surface area contributed by atoms with Crippen molar-refractivity contribution >= 4 is 34.3 Å². The van der Waals surface area contributed by atoms with E-state index in [0.29, 0.717) is 53.6 Å². The Kier molecular flexibility index (Phi) is 5.57. The second-order valence-electron chi connectivity index (χ2n) is 11.4. The van der Waals surface area contributed by atoms with Crippen molar-refractivity contribution in [1.82, 2.24) is 24.2 Å². The average molecular weight is 538 g/mol. The summed E-state index contributed by atoms with van der Waals surface area (Å²) in [4.78, 5) is 39.6. The molecule has 1 amide bonds. The van der Waals surface area contributed by atoms with E-state index in [9.17, 15) is 9.59 Å². The number of allylic oxidation sites excluding steroid dienone is 1. The summed E-state index contributed by atoms with van der Waals surface area (Å²) in [6.07, 6.45) is 6.21. The van der Waals surface area contributed by atoms with Gasteiger partial charge in [-0.3, -0.25) is 9.59 Å². The lowest BCUT2D eigenvalue weighted by atomic mass is 9.78. The summed E-state index contributed by atoms with van der Waals surface area (Å²) in [5, 5.41) is 3.79. The highest BCUT2D eigenvalue weighted by atomic mass is 16.5. The predicted molar refractivity (Wildman–Crippen MR) is 154 cm³/mol. The number of nitrogens with one attached hydrogen (secondary N) is 1. The highest BCUT2D eigenvalue weighted by Gasteiger charge is 2.31. The number of hydrogen-bond donors (Lipinski definition) is 1. The van der Waals surface area contributed by atoms with Gasteiger partial charge in [-0.05, 0) is 54.9 Å². The molecule has 2 aromatic carbocycles. The maximum absolute atomic E-state index is 13.5. The number of fused-ring (bicyclic) bond motifs is 6. The molecule has 204 valence electrons. The fourth-order valence-electron chi connectivity index (χ4n) is 6.24. The van der Waals surface area contributed by atoms with Gasteiger partial charge in [0.05, 0.1) is 17.9 Å². The van der Waals surface area contributed by atoms with Gasteiger partial charge in [0.25, 0.3) is 11.5 Å². The Hall–Kier alpha value is -4.44. The van der Waals surface area contributed by atoms with Crippen LogP contribution in [0.25, 0.3) is 16.7 Å². The minimum atomic E-state index is -0.174. The molecule has 0 aliphatic carbocycles. The normalized spacial score (nSPS) is 18.9. The Morgan fingerprint density at radius 3 is 2.83 bits per heavy atom. The lowest BCUT2D eigenvalue weighted by Gasteiger charge is -2.38. The molecule has 3 aliphatic rings. The monoisotopic (exact) mass is 537 g/mol. The van der Waals surface area contributed by atoms with Crippen LogP contribution in [0.15, 0.2) is 59.5 Å².